The molecule has 0 saturated heterocycles. The van der Waals surface area contributed by atoms with Crippen LogP contribution in [-0.4, -0.2) is 13.1 Å². The van der Waals surface area contributed by atoms with Gasteiger partial charge in [-0.05, 0) is 66.8 Å². The van der Waals surface area contributed by atoms with E-state index < -0.39 is 0 Å². The van der Waals surface area contributed by atoms with Crippen LogP contribution in [0.5, 0.6) is 0 Å². The van der Waals surface area contributed by atoms with Gasteiger partial charge in [-0.25, -0.2) is 0 Å². The molecule has 4 nitrogen and oxygen atoms in total. The quantitative estimate of drug-likeness (QED) is 0.608. The lowest BCUT2D eigenvalue weighted by Crippen LogP contribution is -2.31. The van der Waals surface area contributed by atoms with Crippen LogP contribution in [0.1, 0.15) is 25.0 Å². The minimum Gasteiger partial charge on any atom is -0.399 e. The molecule has 6 N–H and O–H groups in total. The van der Waals surface area contributed by atoms with Gasteiger partial charge in [0.2, 0.25) is 0 Å². The molecule has 0 aliphatic rings. The highest BCUT2D eigenvalue weighted by Crippen LogP contribution is 2.22. The van der Waals surface area contributed by atoms with E-state index in [-0.39, 0.29) is 5.41 Å². The minimum absolute atomic E-state index is 0.102. The summed E-state index contributed by atoms with van der Waals surface area (Å²) in [5.41, 5.74) is 17.9. The number of nitrogens with one attached hydrogen (secondary N) is 2. The van der Waals surface area contributed by atoms with E-state index in [4.69, 9.17) is 11.5 Å². The van der Waals surface area contributed by atoms with Gasteiger partial charge in [-0.2, -0.15) is 0 Å². The second-order valence-electron chi connectivity index (χ2n) is 7.01. The Hall–Kier alpha value is -2.36. The lowest BCUT2D eigenvalue weighted by atomic mass is 9.93. The molecule has 2 aromatic carbocycles. The Kier molecular flexibility index (Phi) is 5.04. The van der Waals surface area contributed by atoms with Crippen molar-refractivity contribution in [2.45, 2.75) is 27.7 Å². The predicted octanol–water partition coefficient (Wildman–Crippen LogP) is 4.02. The molecular formula is C19H28N4. The summed E-state index contributed by atoms with van der Waals surface area (Å²) in [5, 5.41) is 6.99. The van der Waals surface area contributed by atoms with Crippen LogP contribution in [0.15, 0.2) is 36.4 Å². The Morgan fingerprint density at radius 3 is 1.52 bits per heavy atom. The second kappa shape index (κ2) is 6.82. The zero-order chi connectivity index (χ0) is 17.0. The lowest BCUT2D eigenvalue weighted by molar-refractivity contribution is 0.419. The van der Waals surface area contributed by atoms with Crippen LogP contribution in [0.2, 0.25) is 0 Å². The summed E-state index contributed by atoms with van der Waals surface area (Å²) in [4.78, 5) is 0. The molecule has 0 amide bonds. The van der Waals surface area contributed by atoms with Crippen molar-refractivity contribution < 1.29 is 0 Å². The summed E-state index contributed by atoms with van der Waals surface area (Å²) in [5.74, 6) is 0. The molecule has 124 valence electrons. The third-order valence-electron chi connectivity index (χ3n) is 4.08. The fourth-order valence-electron chi connectivity index (χ4n) is 2.32. The number of nitrogen functional groups attached to an aromatic ring is 2. The predicted molar refractivity (Wildman–Crippen MR) is 102 cm³/mol. The highest BCUT2D eigenvalue weighted by molar-refractivity contribution is 5.57. The first-order chi connectivity index (χ1) is 10.8. The molecule has 0 bridgehead atoms. The molecule has 0 aliphatic heterocycles. The molecule has 0 spiro atoms. The van der Waals surface area contributed by atoms with Gasteiger partial charge in [-0.15, -0.1) is 0 Å². The average molecular weight is 312 g/mol. The van der Waals surface area contributed by atoms with Crippen molar-refractivity contribution >= 4 is 22.7 Å². The zero-order valence-electron chi connectivity index (χ0n) is 14.5. The summed E-state index contributed by atoms with van der Waals surface area (Å²) < 4.78 is 0. The molecule has 0 heterocycles. The molecular weight excluding hydrogens is 284 g/mol. The van der Waals surface area contributed by atoms with Crippen molar-refractivity contribution in [2.24, 2.45) is 5.41 Å². The van der Waals surface area contributed by atoms with Crippen LogP contribution in [0.25, 0.3) is 0 Å². The van der Waals surface area contributed by atoms with E-state index >= 15 is 0 Å². The van der Waals surface area contributed by atoms with Crippen molar-refractivity contribution in [1.29, 1.82) is 0 Å². The Morgan fingerprint density at radius 2 is 1.17 bits per heavy atom. The van der Waals surface area contributed by atoms with Gasteiger partial charge in [0.25, 0.3) is 0 Å². The Balaban J connectivity index is 1.90. The molecule has 0 atom stereocenters. The van der Waals surface area contributed by atoms with Gasteiger partial charge in [0, 0.05) is 35.8 Å². The van der Waals surface area contributed by atoms with Crippen molar-refractivity contribution in [2.75, 3.05) is 35.2 Å². The van der Waals surface area contributed by atoms with Gasteiger partial charge in [0.1, 0.15) is 0 Å². The fraction of sp³-hybridized carbons (Fsp3) is 0.368. The smallest absolute Gasteiger partial charge is 0.0345 e. The number of benzene rings is 2. The maximum Gasteiger partial charge on any atom is 0.0345 e. The number of hydrogen-bond acceptors (Lipinski definition) is 4. The van der Waals surface area contributed by atoms with E-state index in [1.807, 2.05) is 38.1 Å². The summed E-state index contributed by atoms with van der Waals surface area (Å²) in [6.07, 6.45) is 0. The number of nitrogens with two attached hydrogens (primary N) is 2. The molecule has 2 rings (SSSR count). The van der Waals surface area contributed by atoms with Crippen molar-refractivity contribution in [3.63, 3.8) is 0 Å². The van der Waals surface area contributed by atoms with Gasteiger partial charge in [0.05, 0.1) is 0 Å². The molecule has 0 fully saturated rings. The van der Waals surface area contributed by atoms with E-state index in [0.717, 1.165) is 47.0 Å². The first-order valence-corrected chi connectivity index (χ1v) is 7.97. The van der Waals surface area contributed by atoms with Gasteiger partial charge in [-0.3, -0.25) is 0 Å². The Morgan fingerprint density at radius 1 is 0.783 bits per heavy atom. The minimum atomic E-state index is 0.102. The van der Waals surface area contributed by atoms with Crippen molar-refractivity contribution in [3.05, 3.63) is 47.5 Å². The number of hydrogen-bond donors (Lipinski definition) is 4. The van der Waals surface area contributed by atoms with Gasteiger partial charge in [0.15, 0.2) is 0 Å². The first-order valence-electron chi connectivity index (χ1n) is 7.97. The van der Waals surface area contributed by atoms with Gasteiger partial charge >= 0.3 is 0 Å². The summed E-state index contributed by atoms with van der Waals surface area (Å²) in [6.45, 7) is 10.3. The normalized spacial score (nSPS) is 11.3. The largest absolute Gasteiger partial charge is 0.399 e. The summed E-state index contributed by atoms with van der Waals surface area (Å²) in [7, 11) is 0. The third kappa shape index (κ3) is 4.81. The summed E-state index contributed by atoms with van der Waals surface area (Å²) in [6, 6.07) is 12.1. The third-order valence-corrected chi connectivity index (χ3v) is 4.08. The monoisotopic (exact) mass is 312 g/mol. The molecule has 0 saturated carbocycles. The van der Waals surface area contributed by atoms with Gasteiger partial charge in [-0.1, -0.05) is 13.8 Å². The van der Waals surface area contributed by atoms with Crippen molar-refractivity contribution in [1.82, 2.24) is 0 Å². The van der Waals surface area contributed by atoms with E-state index in [0.29, 0.717) is 0 Å². The average Bonchev–Trinajstić information content (AvgIpc) is 2.50. The lowest BCUT2D eigenvalue weighted by Gasteiger charge is -2.27. The standard InChI is InChI=1S/C19H28N4/c1-13-9-15(5-7-17(13)20)22-11-19(3,4)12-23-16-6-8-18(21)14(2)10-16/h5-10,22-23H,11-12,20-21H2,1-4H3. The molecule has 0 unspecified atom stereocenters. The van der Waals surface area contributed by atoms with Crippen LogP contribution in [0.4, 0.5) is 22.7 Å². The Bertz CT molecular complexity index is 620. The molecule has 4 heteroatoms. The van der Waals surface area contributed by atoms with E-state index in [2.05, 4.69) is 36.6 Å². The Labute approximate surface area is 139 Å². The van der Waals surface area contributed by atoms with Crippen molar-refractivity contribution in [3.8, 4) is 0 Å². The molecule has 0 aromatic heterocycles. The molecule has 2 aromatic rings. The summed E-state index contributed by atoms with van der Waals surface area (Å²) >= 11 is 0. The van der Waals surface area contributed by atoms with Crippen LogP contribution >= 0.6 is 0 Å². The van der Waals surface area contributed by atoms with Crippen LogP contribution in [-0.2, 0) is 0 Å². The van der Waals surface area contributed by atoms with Gasteiger partial charge < -0.3 is 22.1 Å². The first kappa shape index (κ1) is 17.0. The molecule has 0 radical (unpaired) electrons. The maximum atomic E-state index is 5.86. The van der Waals surface area contributed by atoms with Crippen LogP contribution < -0.4 is 22.1 Å². The van der Waals surface area contributed by atoms with Crippen LogP contribution in [0, 0.1) is 19.3 Å². The van der Waals surface area contributed by atoms with E-state index in [9.17, 15) is 0 Å². The highest BCUT2D eigenvalue weighted by atomic mass is 14.9. The molecule has 0 aliphatic carbocycles. The molecule has 23 heavy (non-hydrogen) atoms. The van der Waals surface area contributed by atoms with Crippen LogP contribution in [0.3, 0.4) is 0 Å². The number of rotatable bonds is 6. The topological polar surface area (TPSA) is 76.1 Å². The zero-order valence-corrected chi connectivity index (χ0v) is 14.5. The number of aryl methyl sites for hydroxylation is 2. The second-order valence-corrected chi connectivity index (χ2v) is 7.01. The fourth-order valence-corrected chi connectivity index (χ4v) is 2.32. The number of anilines is 4. The SMILES string of the molecule is Cc1cc(NCC(C)(C)CNc2ccc(N)c(C)c2)ccc1N. The van der Waals surface area contributed by atoms with E-state index in [1.165, 1.54) is 0 Å². The maximum absolute atomic E-state index is 5.86. The van der Waals surface area contributed by atoms with E-state index in [1.54, 1.807) is 0 Å². The highest BCUT2D eigenvalue weighted by Gasteiger charge is 2.17.